The molecule has 0 bridgehead atoms. The molecule has 0 amide bonds. The highest BCUT2D eigenvalue weighted by Gasteiger charge is 2.74. The summed E-state index contributed by atoms with van der Waals surface area (Å²) in [6.07, 6.45) is 1.61. The maximum Gasteiger partial charge on any atom is 0.330 e. The summed E-state index contributed by atoms with van der Waals surface area (Å²) in [5.74, 6) is -4.35. The van der Waals surface area contributed by atoms with Crippen molar-refractivity contribution in [2.75, 3.05) is 7.11 Å². The lowest BCUT2D eigenvalue weighted by atomic mass is 9.65. The number of rotatable bonds is 3. The van der Waals surface area contributed by atoms with Gasteiger partial charge < -0.3 is 19.3 Å². The van der Waals surface area contributed by atoms with E-state index < -0.39 is 41.1 Å². The Morgan fingerprint density at radius 3 is 2.44 bits per heavy atom. The van der Waals surface area contributed by atoms with Crippen LogP contribution in [0.15, 0.2) is 47.6 Å². The lowest BCUT2D eigenvalue weighted by Gasteiger charge is -2.44. The lowest BCUT2D eigenvalue weighted by molar-refractivity contribution is -0.254. The molecule has 2 fully saturated rings. The number of hydrogen-bond donors (Lipinski definition) is 1. The zero-order valence-electron chi connectivity index (χ0n) is 19.1. The number of cyclic esters (lactones) is 2. The van der Waals surface area contributed by atoms with Crippen LogP contribution in [0.5, 0.6) is 11.5 Å². The van der Waals surface area contributed by atoms with Crippen LogP contribution in [0.3, 0.4) is 0 Å². The predicted molar refractivity (Wildman–Crippen MR) is 119 cm³/mol. The van der Waals surface area contributed by atoms with Crippen LogP contribution in [0.2, 0.25) is 0 Å². The number of carbonyl (C=O) groups excluding carboxylic acids is 3. The monoisotopic (exact) mass is 464 g/mol. The Kier molecular flexibility index (Phi) is 4.72. The first kappa shape index (κ1) is 21.9. The highest BCUT2D eigenvalue weighted by atomic mass is 16.7. The largest absolute Gasteiger partial charge is 0.504 e. The first-order valence-corrected chi connectivity index (χ1v) is 10.9. The van der Waals surface area contributed by atoms with Gasteiger partial charge in [-0.25, -0.2) is 0 Å². The quantitative estimate of drug-likeness (QED) is 0.545. The number of methoxy groups -OCH3 is 1. The van der Waals surface area contributed by atoms with E-state index in [0.29, 0.717) is 11.1 Å². The molecular formula is C25H24N2O7. The standard InChI is InChI=1S/C25H24N2O7/c1-13(28)20-19(14-9-10-17(29)18(11-14)32-4)25(22(30)33-24(2,3)34-23(25)31)21-16-8-6-5-7-15(16)12-26-27(20)21/h5-12,19-21,29H,1-4H3/t19-,20-,21+/m0/s1. The predicted octanol–water partition coefficient (Wildman–Crippen LogP) is 2.67. The second-order valence-electron chi connectivity index (χ2n) is 9.17. The normalized spacial score (nSPS) is 25.9. The van der Waals surface area contributed by atoms with Gasteiger partial charge in [0.05, 0.1) is 13.3 Å². The molecule has 176 valence electrons. The molecule has 0 unspecified atom stereocenters. The van der Waals surface area contributed by atoms with Crippen molar-refractivity contribution < 1.29 is 33.7 Å². The molecule has 0 aliphatic carbocycles. The summed E-state index contributed by atoms with van der Waals surface area (Å²) < 4.78 is 16.6. The van der Waals surface area contributed by atoms with Gasteiger partial charge in [-0.3, -0.25) is 19.4 Å². The number of benzene rings is 2. The van der Waals surface area contributed by atoms with Gasteiger partial charge in [0, 0.05) is 19.8 Å². The van der Waals surface area contributed by atoms with E-state index >= 15 is 0 Å². The van der Waals surface area contributed by atoms with Gasteiger partial charge in [-0.2, -0.15) is 5.10 Å². The van der Waals surface area contributed by atoms with Gasteiger partial charge >= 0.3 is 11.9 Å². The van der Waals surface area contributed by atoms with Crippen LogP contribution in [0.25, 0.3) is 0 Å². The van der Waals surface area contributed by atoms with Crippen molar-refractivity contribution in [2.45, 2.75) is 44.6 Å². The van der Waals surface area contributed by atoms with Crippen LogP contribution in [0.1, 0.15) is 49.4 Å². The molecule has 1 N–H and O–H groups in total. The highest BCUT2D eigenvalue weighted by Crippen LogP contribution is 2.62. The second kappa shape index (κ2) is 7.31. The van der Waals surface area contributed by atoms with Gasteiger partial charge in [0.25, 0.3) is 5.79 Å². The summed E-state index contributed by atoms with van der Waals surface area (Å²) >= 11 is 0. The van der Waals surface area contributed by atoms with E-state index in [2.05, 4.69) is 5.10 Å². The fourth-order valence-electron chi connectivity index (χ4n) is 5.42. The zero-order valence-corrected chi connectivity index (χ0v) is 19.1. The Morgan fingerprint density at radius 1 is 1.12 bits per heavy atom. The molecule has 34 heavy (non-hydrogen) atoms. The maximum absolute atomic E-state index is 13.9. The number of ketones is 1. The Labute approximate surface area is 195 Å². The highest BCUT2D eigenvalue weighted by molar-refractivity contribution is 6.07. The third-order valence-electron chi connectivity index (χ3n) is 6.74. The number of esters is 2. The number of nitrogens with zero attached hydrogens (tertiary/aromatic N) is 2. The van der Waals surface area contributed by atoms with E-state index in [4.69, 9.17) is 14.2 Å². The summed E-state index contributed by atoms with van der Waals surface area (Å²) in [6.45, 7) is 4.36. The Balaban J connectivity index is 1.83. The lowest BCUT2D eigenvalue weighted by Crippen LogP contribution is -2.58. The fraction of sp³-hybridized carbons (Fsp3) is 0.360. The first-order valence-electron chi connectivity index (χ1n) is 10.9. The number of aromatic hydroxyl groups is 1. The van der Waals surface area contributed by atoms with Crippen LogP contribution in [-0.4, -0.2) is 53.0 Å². The number of phenolic OH excluding ortho intramolecular Hbond substituents is 1. The third-order valence-corrected chi connectivity index (χ3v) is 6.74. The van der Waals surface area contributed by atoms with Crippen LogP contribution in [0.4, 0.5) is 0 Å². The van der Waals surface area contributed by atoms with Crippen LogP contribution >= 0.6 is 0 Å². The Morgan fingerprint density at radius 2 is 1.79 bits per heavy atom. The van der Waals surface area contributed by atoms with Crippen LogP contribution in [0, 0.1) is 5.41 Å². The first-order chi connectivity index (χ1) is 16.1. The van der Waals surface area contributed by atoms with Crippen molar-refractivity contribution in [3.8, 4) is 11.5 Å². The minimum absolute atomic E-state index is 0.117. The SMILES string of the molecule is COc1cc([C@H]2[C@H](C(C)=O)N3N=Cc4ccccc4[C@@H]3C23C(=O)OC(C)(C)OC3=O)ccc1O. The summed E-state index contributed by atoms with van der Waals surface area (Å²) in [7, 11) is 1.39. The molecule has 3 aliphatic heterocycles. The van der Waals surface area contributed by atoms with Gasteiger partial charge in [0.15, 0.2) is 17.3 Å². The van der Waals surface area contributed by atoms with Crippen molar-refractivity contribution in [1.82, 2.24) is 5.01 Å². The van der Waals surface area contributed by atoms with Crippen LogP contribution in [-0.2, 0) is 23.9 Å². The van der Waals surface area contributed by atoms with Gasteiger partial charge in [0.2, 0.25) is 5.41 Å². The van der Waals surface area contributed by atoms with Crippen molar-refractivity contribution in [1.29, 1.82) is 0 Å². The summed E-state index contributed by atoms with van der Waals surface area (Å²) in [6, 6.07) is 9.82. The van der Waals surface area contributed by atoms with Gasteiger partial charge in [0.1, 0.15) is 12.1 Å². The number of ether oxygens (including phenoxy) is 3. The average Bonchev–Trinajstić information content (AvgIpc) is 3.10. The Hall–Kier alpha value is -3.88. The van der Waals surface area contributed by atoms with E-state index in [1.807, 2.05) is 12.1 Å². The van der Waals surface area contributed by atoms with E-state index in [9.17, 15) is 19.5 Å². The molecule has 2 aromatic carbocycles. The van der Waals surface area contributed by atoms with Gasteiger partial charge in [-0.15, -0.1) is 0 Å². The topological polar surface area (TPSA) is 115 Å². The molecule has 9 nitrogen and oxygen atoms in total. The smallest absolute Gasteiger partial charge is 0.330 e. The molecule has 2 aromatic rings. The molecule has 3 heterocycles. The number of hydrogen-bond acceptors (Lipinski definition) is 9. The van der Waals surface area contributed by atoms with E-state index in [0.717, 1.165) is 5.56 Å². The molecule has 0 saturated carbocycles. The number of fused-ring (bicyclic) bond motifs is 4. The summed E-state index contributed by atoms with van der Waals surface area (Å²) in [4.78, 5) is 40.9. The minimum atomic E-state index is -1.93. The fourth-order valence-corrected chi connectivity index (χ4v) is 5.42. The average molecular weight is 464 g/mol. The van der Waals surface area contributed by atoms with E-state index in [1.54, 1.807) is 24.4 Å². The number of hydrazone groups is 1. The third kappa shape index (κ3) is 2.85. The second-order valence-corrected chi connectivity index (χ2v) is 9.17. The van der Waals surface area contributed by atoms with Crippen molar-refractivity contribution in [3.63, 3.8) is 0 Å². The summed E-state index contributed by atoms with van der Waals surface area (Å²) in [5.41, 5.74) is -0.113. The molecule has 1 spiro atoms. The summed E-state index contributed by atoms with van der Waals surface area (Å²) in [5, 5.41) is 16.2. The number of carbonyl (C=O) groups is 3. The molecule has 0 radical (unpaired) electrons. The molecular weight excluding hydrogens is 440 g/mol. The van der Waals surface area contributed by atoms with E-state index in [1.165, 1.54) is 45.0 Å². The Bertz CT molecular complexity index is 1230. The maximum atomic E-state index is 13.9. The molecule has 0 aromatic heterocycles. The van der Waals surface area contributed by atoms with Crippen LogP contribution < -0.4 is 4.74 Å². The van der Waals surface area contributed by atoms with Gasteiger partial charge in [-0.1, -0.05) is 30.3 Å². The molecule has 5 rings (SSSR count). The van der Waals surface area contributed by atoms with E-state index in [-0.39, 0.29) is 17.3 Å². The molecule has 9 heteroatoms. The number of phenols is 1. The molecule has 2 saturated heterocycles. The van der Waals surface area contributed by atoms with Crippen molar-refractivity contribution in [2.24, 2.45) is 10.5 Å². The number of Topliss-reactive ketones (excluding diaryl/α,β-unsaturated/α-hetero) is 1. The van der Waals surface area contributed by atoms with Crippen molar-refractivity contribution in [3.05, 3.63) is 59.2 Å². The minimum Gasteiger partial charge on any atom is -0.504 e. The zero-order chi connectivity index (χ0) is 24.4. The molecule has 3 atom stereocenters. The van der Waals surface area contributed by atoms with Gasteiger partial charge in [-0.05, 0) is 35.7 Å². The molecule has 3 aliphatic rings. The van der Waals surface area contributed by atoms with Crippen molar-refractivity contribution >= 4 is 23.9 Å².